The number of benzene rings is 1. The number of amides is 1. The lowest BCUT2D eigenvalue weighted by Crippen LogP contribution is -2.56. The van der Waals surface area contributed by atoms with Crippen molar-refractivity contribution >= 4 is 27.3 Å². The second-order valence-electron chi connectivity index (χ2n) is 8.11. The molecule has 9 nitrogen and oxygen atoms in total. The molecule has 4 rings (SSSR count). The van der Waals surface area contributed by atoms with E-state index in [9.17, 15) is 13.2 Å². The van der Waals surface area contributed by atoms with Gasteiger partial charge in [0, 0.05) is 12.6 Å². The average molecular weight is 417 g/mol. The molecule has 1 amide bonds. The summed E-state index contributed by atoms with van der Waals surface area (Å²) in [6, 6.07) is 5.45. The fourth-order valence-electron chi connectivity index (χ4n) is 3.91. The lowest BCUT2D eigenvalue weighted by atomic mass is 9.77. The molecule has 1 spiro atoms. The molecule has 2 aromatic rings. The number of amidine groups is 1. The van der Waals surface area contributed by atoms with Gasteiger partial charge in [-0.3, -0.25) is 9.79 Å². The van der Waals surface area contributed by atoms with Crippen LogP contribution in [0.5, 0.6) is 0 Å². The van der Waals surface area contributed by atoms with Crippen LogP contribution in [0.3, 0.4) is 0 Å². The minimum Gasteiger partial charge on any atom is -0.386 e. The molecule has 0 radical (unpaired) electrons. The summed E-state index contributed by atoms with van der Waals surface area (Å²) in [6.45, 7) is 4.77. The lowest BCUT2D eigenvalue weighted by molar-refractivity contribution is 0.101. The third kappa shape index (κ3) is 3.11. The van der Waals surface area contributed by atoms with Gasteiger partial charge in [-0.05, 0) is 56.4 Å². The SMILES string of the molecule is Cc1nc(C(=O)Nc2ccc3c(c2)C2(CCC3)CS(=O)(=O)C(C)(C)C(N)=N2)no1. The maximum Gasteiger partial charge on any atom is 0.297 e. The molecule has 1 aliphatic heterocycles. The summed E-state index contributed by atoms with van der Waals surface area (Å²) in [7, 11) is -3.51. The summed E-state index contributed by atoms with van der Waals surface area (Å²) in [5.74, 6) is -0.277. The van der Waals surface area contributed by atoms with Gasteiger partial charge in [-0.15, -0.1) is 0 Å². The van der Waals surface area contributed by atoms with E-state index in [0.717, 1.165) is 24.0 Å². The van der Waals surface area contributed by atoms with Crippen molar-refractivity contribution in [2.24, 2.45) is 10.7 Å². The van der Waals surface area contributed by atoms with Crippen LogP contribution in [0, 0.1) is 6.92 Å². The van der Waals surface area contributed by atoms with Crippen LogP contribution in [-0.4, -0.2) is 40.8 Å². The van der Waals surface area contributed by atoms with Crippen LogP contribution in [-0.2, 0) is 21.8 Å². The van der Waals surface area contributed by atoms with E-state index in [1.54, 1.807) is 32.9 Å². The van der Waals surface area contributed by atoms with Crippen LogP contribution < -0.4 is 11.1 Å². The molecule has 2 heterocycles. The van der Waals surface area contributed by atoms with Crippen molar-refractivity contribution in [1.29, 1.82) is 0 Å². The number of carbonyl (C=O) groups is 1. The summed E-state index contributed by atoms with van der Waals surface area (Å²) >= 11 is 0. The number of aliphatic imine (C=N–C) groups is 1. The zero-order valence-electron chi connectivity index (χ0n) is 16.5. The molecule has 2 aliphatic rings. The second-order valence-corrected chi connectivity index (χ2v) is 10.7. The number of nitrogens with one attached hydrogen (secondary N) is 1. The smallest absolute Gasteiger partial charge is 0.297 e. The van der Waals surface area contributed by atoms with Crippen molar-refractivity contribution in [3.8, 4) is 0 Å². The minimum absolute atomic E-state index is 0.0702. The van der Waals surface area contributed by atoms with Crippen LogP contribution >= 0.6 is 0 Å². The zero-order chi connectivity index (χ0) is 21.0. The molecule has 0 saturated heterocycles. The monoisotopic (exact) mass is 417 g/mol. The second kappa shape index (κ2) is 6.38. The Bertz CT molecular complexity index is 1140. The van der Waals surface area contributed by atoms with E-state index in [-0.39, 0.29) is 17.4 Å². The Balaban J connectivity index is 1.75. The Morgan fingerprint density at radius 1 is 1.31 bits per heavy atom. The van der Waals surface area contributed by atoms with Gasteiger partial charge in [0.25, 0.3) is 11.7 Å². The number of sulfone groups is 1. The Kier molecular flexibility index (Phi) is 4.30. The van der Waals surface area contributed by atoms with E-state index >= 15 is 0 Å². The highest BCUT2D eigenvalue weighted by atomic mass is 32.2. The van der Waals surface area contributed by atoms with E-state index in [1.807, 2.05) is 6.07 Å². The van der Waals surface area contributed by atoms with Gasteiger partial charge >= 0.3 is 0 Å². The molecule has 0 bridgehead atoms. The van der Waals surface area contributed by atoms with Crippen molar-refractivity contribution < 1.29 is 17.7 Å². The Morgan fingerprint density at radius 2 is 2.07 bits per heavy atom. The van der Waals surface area contributed by atoms with E-state index in [4.69, 9.17) is 15.2 Å². The third-order valence-electron chi connectivity index (χ3n) is 5.79. The summed E-state index contributed by atoms with van der Waals surface area (Å²) in [4.78, 5) is 21.0. The van der Waals surface area contributed by atoms with Crippen molar-refractivity contribution in [1.82, 2.24) is 10.1 Å². The largest absolute Gasteiger partial charge is 0.386 e. The zero-order valence-corrected chi connectivity index (χ0v) is 17.3. The lowest BCUT2D eigenvalue weighted by Gasteiger charge is -2.43. The standard InChI is InChI=1S/C19H23N5O4S/c1-11-21-15(24-28-11)16(25)22-13-7-6-12-5-4-8-19(14(12)9-13)10-29(26,27)18(2,3)17(20)23-19/h6-7,9H,4-5,8,10H2,1-3H3,(H2,20,23)(H,22,25). The number of rotatable bonds is 2. The summed E-state index contributed by atoms with van der Waals surface area (Å²) in [5.41, 5.74) is 7.49. The molecule has 3 N–H and O–H groups in total. The van der Waals surface area contributed by atoms with Gasteiger partial charge in [-0.2, -0.15) is 4.98 Å². The number of hydrogen-bond acceptors (Lipinski definition) is 8. The number of hydrogen-bond donors (Lipinski definition) is 2. The molecule has 1 aromatic heterocycles. The van der Waals surface area contributed by atoms with E-state index < -0.39 is 26.0 Å². The topological polar surface area (TPSA) is 141 Å². The Labute approximate surface area is 168 Å². The van der Waals surface area contributed by atoms with E-state index in [2.05, 4.69) is 15.5 Å². The van der Waals surface area contributed by atoms with Crippen molar-refractivity contribution in [3.05, 3.63) is 41.0 Å². The van der Waals surface area contributed by atoms with Gasteiger partial charge in [-0.25, -0.2) is 8.42 Å². The first-order valence-corrected chi connectivity index (χ1v) is 11.0. The highest BCUT2D eigenvalue weighted by Gasteiger charge is 2.51. The van der Waals surface area contributed by atoms with Gasteiger partial charge in [0.05, 0.1) is 5.75 Å². The summed E-state index contributed by atoms with van der Waals surface area (Å²) in [6.07, 6.45) is 2.21. The van der Waals surface area contributed by atoms with Crippen LogP contribution in [0.15, 0.2) is 27.7 Å². The maximum absolute atomic E-state index is 13.0. The number of carbonyl (C=O) groups excluding carboxylic acids is 1. The quantitative estimate of drug-likeness (QED) is 0.758. The van der Waals surface area contributed by atoms with Crippen molar-refractivity contribution in [3.63, 3.8) is 0 Å². The maximum atomic E-state index is 13.0. The van der Waals surface area contributed by atoms with Gasteiger partial charge < -0.3 is 15.6 Å². The van der Waals surface area contributed by atoms with E-state index in [1.165, 1.54) is 0 Å². The molecular formula is C19H23N5O4S. The highest BCUT2D eigenvalue weighted by molar-refractivity contribution is 7.93. The van der Waals surface area contributed by atoms with Crippen LogP contribution in [0.2, 0.25) is 0 Å². The van der Waals surface area contributed by atoms with Gasteiger partial charge in [0.1, 0.15) is 16.1 Å². The first-order valence-electron chi connectivity index (χ1n) is 9.37. The highest BCUT2D eigenvalue weighted by Crippen LogP contribution is 2.45. The molecule has 1 atom stereocenters. The Morgan fingerprint density at radius 3 is 2.72 bits per heavy atom. The number of aryl methyl sites for hydroxylation is 2. The molecule has 0 fully saturated rings. The molecule has 29 heavy (non-hydrogen) atoms. The predicted octanol–water partition coefficient (Wildman–Crippen LogP) is 1.73. The number of fused-ring (bicyclic) bond motifs is 2. The fraction of sp³-hybridized carbons (Fsp3) is 0.474. The molecule has 1 unspecified atom stereocenters. The molecule has 154 valence electrons. The van der Waals surface area contributed by atoms with Crippen LogP contribution in [0.4, 0.5) is 5.69 Å². The molecule has 1 aromatic carbocycles. The van der Waals surface area contributed by atoms with Gasteiger partial charge in [-0.1, -0.05) is 11.2 Å². The van der Waals surface area contributed by atoms with Crippen LogP contribution in [0.1, 0.15) is 54.3 Å². The van der Waals surface area contributed by atoms with Gasteiger partial charge in [0.15, 0.2) is 9.84 Å². The number of nitrogens with zero attached hydrogens (tertiary/aromatic N) is 3. The Hall–Kier alpha value is -2.75. The first-order chi connectivity index (χ1) is 13.5. The predicted molar refractivity (Wildman–Crippen MR) is 108 cm³/mol. The summed E-state index contributed by atoms with van der Waals surface area (Å²) in [5, 5.41) is 6.35. The normalized spacial score (nSPS) is 24.6. The first kappa shape index (κ1) is 19.6. The van der Waals surface area contributed by atoms with Crippen LogP contribution in [0.25, 0.3) is 0 Å². The van der Waals surface area contributed by atoms with Gasteiger partial charge in [0.2, 0.25) is 5.89 Å². The third-order valence-corrected chi connectivity index (χ3v) is 8.42. The van der Waals surface area contributed by atoms with Crippen molar-refractivity contribution in [2.45, 2.75) is 50.3 Å². The van der Waals surface area contributed by atoms with Crippen molar-refractivity contribution in [2.75, 3.05) is 11.1 Å². The minimum atomic E-state index is -3.51. The number of nitrogens with two attached hydrogens (primary N) is 1. The molecule has 1 aliphatic carbocycles. The average Bonchev–Trinajstić information content (AvgIpc) is 3.07. The molecule has 0 saturated carbocycles. The fourth-order valence-corrected chi connectivity index (χ4v) is 5.63. The molecular weight excluding hydrogens is 394 g/mol. The summed E-state index contributed by atoms with van der Waals surface area (Å²) < 4.78 is 29.6. The number of anilines is 1. The molecule has 10 heteroatoms. The number of aromatic nitrogens is 2. The van der Waals surface area contributed by atoms with E-state index in [0.29, 0.717) is 18.0 Å².